The van der Waals surface area contributed by atoms with Crippen LogP contribution >= 0.6 is 0 Å². The van der Waals surface area contributed by atoms with Gasteiger partial charge in [0.25, 0.3) is 5.91 Å². The maximum atomic E-state index is 12.4. The number of hydrogen-bond acceptors (Lipinski definition) is 4. The standard InChI is InChI=1S/C16H15NO4/c1-17(15(19)12-8-4-6-10-14(12)18)13-9-5-3-7-11(13)16(20)21-2/h3-10,18H,1-2H3. The van der Waals surface area contributed by atoms with Gasteiger partial charge in [0.2, 0.25) is 0 Å². The van der Waals surface area contributed by atoms with E-state index >= 15 is 0 Å². The molecule has 1 amide bonds. The lowest BCUT2D eigenvalue weighted by molar-refractivity contribution is 0.0601. The van der Waals surface area contributed by atoms with Crippen molar-refractivity contribution in [2.45, 2.75) is 0 Å². The number of methoxy groups -OCH3 is 1. The molecule has 0 saturated heterocycles. The minimum absolute atomic E-state index is 0.107. The average Bonchev–Trinajstić information content (AvgIpc) is 2.53. The molecule has 108 valence electrons. The molecular formula is C16H15NO4. The summed E-state index contributed by atoms with van der Waals surface area (Å²) >= 11 is 0. The highest BCUT2D eigenvalue weighted by atomic mass is 16.5. The second kappa shape index (κ2) is 6.09. The number of hydrogen-bond donors (Lipinski definition) is 1. The molecule has 0 aliphatic carbocycles. The van der Waals surface area contributed by atoms with Crippen LogP contribution in [0.4, 0.5) is 5.69 Å². The van der Waals surface area contributed by atoms with Crippen molar-refractivity contribution in [2.24, 2.45) is 0 Å². The van der Waals surface area contributed by atoms with Gasteiger partial charge < -0.3 is 14.7 Å². The molecule has 1 N–H and O–H groups in total. The van der Waals surface area contributed by atoms with Crippen molar-refractivity contribution in [3.63, 3.8) is 0 Å². The molecular weight excluding hydrogens is 270 g/mol. The number of nitrogens with zero attached hydrogens (tertiary/aromatic N) is 1. The number of amides is 1. The van der Waals surface area contributed by atoms with Crippen molar-refractivity contribution in [2.75, 3.05) is 19.1 Å². The molecule has 21 heavy (non-hydrogen) atoms. The first-order valence-electron chi connectivity index (χ1n) is 6.29. The molecule has 0 spiro atoms. The number of para-hydroxylation sites is 2. The molecule has 2 aromatic carbocycles. The zero-order chi connectivity index (χ0) is 15.4. The van der Waals surface area contributed by atoms with E-state index in [-0.39, 0.29) is 16.9 Å². The molecule has 0 fully saturated rings. The number of phenolic OH excluding ortho intramolecular Hbond substituents is 1. The molecule has 0 bridgehead atoms. The molecule has 0 aromatic heterocycles. The zero-order valence-corrected chi connectivity index (χ0v) is 11.7. The van der Waals surface area contributed by atoms with Crippen LogP contribution in [0.5, 0.6) is 5.75 Å². The van der Waals surface area contributed by atoms with E-state index in [1.807, 2.05) is 0 Å². The minimum Gasteiger partial charge on any atom is -0.507 e. The van der Waals surface area contributed by atoms with E-state index in [9.17, 15) is 14.7 Å². The lowest BCUT2D eigenvalue weighted by Crippen LogP contribution is -2.28. The second-order valence-corrected chi connectivity index (χ2v) is 4.39. The van der Waals surface area contributed by atoms with Crippen LogP contribution in [0.1, 0.15) is 20.7 Å². The fourth-order valence-electron chi connectivity index (χ4n) is 1.99. The summed E-state index contributed by atoms with van der Waals surface area (Å²) in [4.78, 5) is 25.5. The largest absolute Gasteiger partial charge is 0.507 e. The summed E-state index contributed by atoms with van der Waals surface area (Å²) < 4.78 is 4.71. The maximum Gasteiger partial charge on any atom is 0.339 e. The lowest BCUT2D eigenvalue weighted by atomic mass is 10.1. The SMILES string of the molecule is COC(=O)c1ccccc1N(C)C(=O)c1ccccc1O. The Morgan fingerprint density at radius 3 is 2.19 bits per heavy atom. The topological polar surface area (TPSA) is 66.8 Å². The summed E-state index contributed by atoms with van der Waals surface area (Å²) in [6, 6.07) is 12.9. The molecule has 2 aromatic rings. The van der Waals surface area contributed by atoms with Crippen molar-refractivity contribution < 1.29 is 19.4 Å². The van der Waals surface area contributed by atoms with Crippen molar-refractivity contribution in [1.29, 1.82) is 0 Å². The summed E-state index contributed by atoms with van der Waals surface area (Å²) in [5.74, 6) is -1.04. The summed E-state index contributed by atoms with van der Waals surface area (Å²) in [5, 5.41) is 9.76. The van der Waals surface area contributed by atoms with Crippen LogP contribution in [0, 0.1) is 0 Å². The number of ether oxygens (including phenoxy) is 1. The van der Waals surface area contributed by atoms with Gasteiger partial charge in [-0.2, -0.15) is 0 Å². The van der Waals surface area contributed by atoms with E-state index in [0.29, 0.717) is 5.69 Å². The highest BCUT2D eigenvalue weighted by Crippen LogP contribution is 2.24. The Hall–Kier alpha value is -2.82. The van der Waals surface area contributed by atoms with Crippen LogP contribution in [0.15, 0.2) is 48.5 Å². The van der Waals surface area contributed by atoms with E-state index in [1.165, 1.54) is 31.2 Å². The van der Waals surface area contributed by atoms with Crippen LogP contribution in [0.25, 0.3) is 0 Å². The molecule has 2 rings (SSSR count). The van der Waals surface area contributed by atoms with Gasteiger partial charge in [-0.1, -0.05) is 24.3 Å². The third-order valence-corrected chi connectivity index (χ3v) is 3.11. The van der Waals surface area contributed by atoms with Gasteiger partial charge in [0.1, 0.15) is 5.75 Å². The molecule has 5 heteroatoms. The van der Waals surface area contributed by atoms with Crippen LogP contribution in [0.3, 0.4) is 0 Å². The van der Waals surface area contributed by atoms with Gasteiger partial charge >= 0.3 is 5.97 Å². The molecule has 0 saturated carbocycles. The van der Waals surface area contributed by atoms with Crippen molar-refractivity contribution >= 4 is 17.6 Å². The first-order chi connectivity index (χ1) is 10.1. The Morgan fingerprint density at radius 1 is 1.00 bits per heavy atom. The molecule has 0 unspecified atom stereocenters. The van der Waals surface area contributed by atoms with Gasteiger partial charge in [0.05, 0.1) is 23.9 Å². The van der Waals surface area contributed by atoms with E-state index in [2.05, 4.69) is 0 Å². The van der Waals surface area contributed by atoms with Crippen LogP contribution in [-0.4, -0.2) is 31.1 Å². The van der Waals surface area contributed by atoms with Crippen molar-refractivity contribution in [3.8, 4) is 5.75 Å². The van der Waals surface area contributed by atoms with Gasteiger partial charge in [-0.15, -0.1) is 0 Å². The Morgan fingerprint density at radius 2 is 1.57 bits per heavy atom. The number of rotatable bonds is 3. The molecule has 0 radical (unpaired) electrons. The molecule has 5 nitrogen and oxygen atoms in total. The maximum absolute atomic E-state index is 12.4. The van der Waals surface area contributed by atoms with Crippen molar-refractivity contribution in [3.05, 3.63) is 59.7 Å². The number of carbonyl (C=O) groups is 2. The number of esters is 1. The predicted molar refractivity (Wildman–Crippen MR) is 78.6 cm³/mol. The summed E-state index contributed by atoms with van der Waals surface area (Å²) in [6.45, 7) is 0. The molecule has 0 aliphatic heterocycles. The highest BCUT2D eigenvalue weighted by Gasteiger charge is 2.21. The fraction of sp³-hybridized carbons (Fsp3) is 0.125. The predicted octanol–water partition coefficient (Wildman–Crippen LogP) is 2.46. The summed E-state index contributed by atoms with van der Waals surface area (Å²) in [5.41, 5.74) is 0.864. The third-order valence-electron chi connectivity index (χ3n) is 3.11. The van der Waals surface area contributed by atoms with Crippen LogP contribution in [-0.2, 0) is 4.74 Å². The molecule has 0 aliphatic rings. The Balaban J connectivity index is 2.41. The summed E-state index contributed by atoms with van der Waals surface area (Å²) in [6.07, 6.45) is 0. The first kappa shape index (κ1) is 14.6. The zero-order valence-electron chi connectivity index (χ0n) is 11.7. The molecule has 0 heterocycles. The molecule has 0 atom stereocenters. The fourth-order valence-corrected chi connectivity index (χ4v) is 1.99. The van der Waals surface area contributed by atoms with Crippen molar-refractivity contribution in [1.82, 2.24) is 0 Å². The number of phenols is 1. The monoisotopic (exact) mass is 285 g/mol. The highest BCUT2D eigenvalue weighted by molar-refractivity contribution is 6.10. The van der Waals surface area contributed by atoms with Crippen LogP contribution < -0.4 is 4.90 Å². The number of benzene rings is 2. The van der Waals surface area contributed by atoms with E-state index in [0.717, 1.165) is 0 Å². The summed E-state index contributed by atoms with van der Waals surface area (Å²) in [7, 11) is 2.82. The quantitative estimate of drug-likeness (QED) is 0.880. The number of carbonyl (C=O) groups excluding carboxylic acids is 2. The normalized spacial score (nSPS) is 10.0. The smallest absolute Gasteiger partial charge is 0.339 e. The Bertz CT molecular complexity index is 681. The van der Waals surface area contributed by atoms with Gasteiger partial charge in [-0.3, -0.25) is 4.79 Å². The second-order valence-electron chi connectivity index (χ2n) is 4.39. The van der Waals surface area contributed by atoms with E-state index < -0.39 is 11.9 Å². The Labute approximate surface area is 122 Å². The number of aromatic hydroxyl groups is 1. The minimum atomic E-state index is -0.525. The first-order valence-corrected chi connectivity index (χ1v) is 6.29. The Kier molecular flexibility index (Phi) is 4.23. The number of anilines is 1. The van der Waals surface area contributed by atoms with E-state index in [4.69, 9.17) is 4.74 Å². The lowest BCUT2D eigenvalue weighted by Gasteiger charge is -2.20. The van der Waals surface area contributed by atoms with Gasteiger partial charge in [0.15, 0.2) is 0 Å². The van der Waals surface area contributed by atoms with Gasteiger partial charge in [0, 0.05) is 7.05 Å². The van der Waals surface area contributed by atoms with Gasteiger partial charge in [-0.05, 0) is 24.3 Å². The van der Waals surface area contributed by atoms with Gasteiger partial charge in [-0.25, -0.2) is 4.79 Å². The third kappa shape index (κ3) is 2.86. The van der Waals surface area contributed by atoms with Crippen LogP contribution in [0.2, 0.25) is 0 Å². The van der Waals surface area contributed by atoms with E-state index in [1.54, 1.807) is 36.4 Å². The average molecular weight is 285 g/mol.